The summed E-state index contributed by atoms with van der Waals surface area (Å²) in [5.74, 6) is -0.767. The zero-order chi connectivity index (χ0) is 29.5. The molecule has 0 bridgehead atoms. The zero-order valence-corrected chi connectivity index (χ0v) is 22.3. The van der Waals surface area contributed by atoms with Crippen molar-refractivity contribution in [2.75, 3.05) is 11.1 Å². The van der Waals surface area contributed by atoms with Gasteiger partial charge in [-0.25, -0.2) is 28.1 Å². The quantitative estimate of drug-likeness (QED) is 0.205. The first-order chi connectivity index (χ1) is 20.2. The molecule has 0 atom stereocenters. The summed E-state index contributed by atoms with van der Waals surface area (Å²) in [5, 5.41) is 3.40. The van der Waals surface area contributed by atoms with Crippen LogP contribution in [0.5, 0.6) is 11.8 Å². The average Bonchev–Trinajstić information content (AvgIpc) is 3.78. The van der Waals surface area contributed by atoms with Crippen LogP contribution < -0.4 is 15.8 Å². The molecule has 0 unspecified atom stereocenters. The van der Waals surface area contributed by atoms with Gasteiger partial charge in [0.2, 0.25) is 0 Å². The maximum absolute atomic E-state index is 15.4. The number of nitrogens with zero attached hydrogens (tertiary/aromatic N) is 5. The Morgan fingerprint density at radius 2 is 1.83 bits per heavy atom. The maximum atomic E-state index is 15.4. The number of hydrogen-bond donors (Lipinski definition) is 2. The van der Waals surface area contributed by atoms with Crippen molar-refractivity contribution in [3.05, 3.63) is 84.7 Å². The van der Waals surface area contributed by atoms with E-state index in [1.165, 1.54) is 18.5 Å². The number of amides is 1. The number of carbonyl (C=O) groups is 1. The molecule has 5 aromatic rings. The second kappa shape index (κ2) is 10.6. The van der Waals surface area contributed by atoms with Crippen LogP contribution in [0, 0.1) is 11.7 Å². The standard InChI is InChI=1S/C30H24F3N7O2/c1-15(16-3-4-16)29(41)38-19-8-5-17(6-9-19)25-23(24-27(34)36-14-37-28(24)40(25)2)18-7-10-22(20(31)13-18)42-30-35-12-11-21(39-30)26(32)33/h5-14,16,26H,1,3-4H2,2H3,(H,38,41)(H2,34,36,37). The van der Waals surface area contributed by atoms with Gasteiger partial charge in [0, 0.05) is 30.1 Å². The Labute approximate surface area is 237 Å². The SMILES string of the molecule is C=C(C(=O)Nc1ccc(-c2c(-c3ccc(Oc4nccc(C(F)F)n4)c(F)c3)c3c(N)ncnc3n2C)cc1)C1CC1. The topological polar surface area (TPSA) is 121 Å². The number of fused-ring (bicyclic) bond motifs is 1. The molecule has 6 rings (SSSR count). The highest BCUT2D eigenvalue weighted by Gasteiger charge is 2.29. The van der Waals surface area contributed by atoms with Gasteiger partial charge < -0.3 is 20.4 Å². The number of aryl methyl sites for hydroxylation is 1. The van der Waals surface area contributed by atoms with E-state index >= 15 is 4.39 Å². The summed E-state index contributed by atoms with van der Waals surface area (Å²) in [7, 11) is 1.81. The Bertz CT molecular complexity index is 1850. The number of nitrogen functional groups attached to an aromatic ring is 1. The molecule has 0 saturated heterocycles. The van der Waals surface area contributed by atoms with Crippen LogP contribution in [0.2, 0.25) is 0 Å². The van der Waals surface area contributed by atoms with Crippen molar-refractivity contribution in [2.45, 2.75) is 19.3 Å². The van der Waals surface area contributed by atoms with Gasteiger partial charge >= 0.3 is 6.01 Å². The number of alkyl halides is 2. The third-order valence-corrected chi connectivity index (χ3v) is 7.07. The highest BCUT2D eigenvalue weighted by atomic mass is 19.3. The van der Waals surface area contributed by atoms with Crippen LogP contribution in [0.15, 0.2) is 73.2 Å². The van der Waals surface area contributed by atoms with E-state index in [4.69, 9.17) is 10.5 Å². The van der Waals surface area contributed by atoms with Gasteiger partial charge in [-0.2, -0.15) is 4.98 Å². The molecule has 1 aliphatic rings. The Morgan fingerprint density at radius 1 is 1.10 bits per heavy atom. The number of anilines is 2. The monoisotopic (exact) mass is 571 g/mol. The van der Waals surface area contributed by atoms with Crippen molar-refractivity contribution >= 4 is 28.4 Å². The van der Waals surface area contributed by atoms with Gasteiger partial charge in [0.15, 0.2) is 11.6 Å². The van der Waals surface area contributed by atoms with Crippen LogP contribution in [0.1, 0.15) is 25.0 Å². The van der Waals surface area contributed by atoms with E-state index in [9.17, 15) is 13.6 Å². The average molecular weight is 572 g/mol. The lowest BCUT2D eigenvalue weighted by atomic mass is 9.98. The Morgan fingerprint density at radius 3 is 2.52 bits per heavy atom. The molecular formula is C30H24F3N7O2. The minimum absolute atomic E-state index is 0.206. The van der Waals surface area contributed by atoms with Crippen LogP contribution in [0.4, 0.5) is 24.7 Å². The fourth-order valence-corrected chi connectivity index (χ4v) is 4.80. The van der Waals surface area contributed by atoms with Crippen LogP contribution in [-0.2, 0) is 11.8 Å². The molecule has 0 radical (unpaired) electrons. The lowest BCUT2D eigenvalue weighted by Gasteiger charge is -2.12. The summed E-state index contributed by atoms with van der Waals surface area (Å²) in [6, 6.07) is 12.1. The molecule has 3 N–H and O–H groups in total. The molecule has 1 aliphatic carbocycles. The summed E-state index contributed by atoms with van der Waals surface area (Å²) in [5.41, 5.74) is 9.91. The molecule has 9 nitrogen and oxygen atoms in total. The second-order valence-electron chi connectivity index (χ2n) is 9.88. The van der Waals surface area contributed by atoms with Crippen LogP contribution in [0.25, 0.3) is 33.4 Å². The number of carbonyl (C=O) groups excluding carboxylic acids is 1. The number of hydrogen-bond acceptors (Lipinski definition) is 7. The summed E-state index contributed by atoms with van der Waals surface area (Å²) in [4.78, 5) is 28.5. The summed E-state index contributed by atoms with van der Waals surface area (Å²) in [6.07, 6.45) is 1.60. The van der Waals surface area contributed by atoms with E-state index in [1.807, 2.05) is 23.7 Å². The predicted octanol–water partition coefficient (Wildman–Crippen LogP) is 6.45. The first-order valence-electron chi connectivity index (χ1n) is 13.0. The number of aromatic nitrogens is 5. The van der Waals surface area contributed by atoms with E-state index < -0.39 is 23.9 Å². The highest BCUT2D eigenvalue weighted by molar-refractivity contribution is 6.08. The van der Waals surface area contributed by atoms with Gasteiger partial charge in [0.1, 0.15) is 23.5 Å². The van der Waals surface area contributed by atoms with Crippen molar-refractivity contribution < 1.29 is 22.7 Å². The predicted molar refractivity (Wildman–Crippen MR) is 151 cm³/mol. The summed E-state index contributed by atoms with van der Waals surface area (Å²) >= 11 is 0. The smallest absolute Gasteiger partial charge is 0.322 e. The van der Waals surface area contributed by atoms with Crippen molar-refractivity contribution in [1.82, 2.24) is 24.5 Å². The Hall–Kier alpha value is -5.26. The number of rotatable bonds is 8. The maximum Gasteiger partial charge on any atom is 0.322 e. The van der Waals surface area contributed by atoms with Gasteiger partial charge in [-0.15, -0.1) is 0 Å². The van der Waals surface area contributed by atoms with Gasteiger partial charge in [-0.05, 0) is 60.2 Å². The highest BCUT2D eigenvalue weighted by Crippen LogP contribution is 2.43. The number of nitrogens with two attached hydrogens (primary N) is 1. The molecule has 0 spiro atoms. The number of benzene rings is 2. The molecular weight excluding hydrogens is 547 g/mol. The number of ether oxygens (including phenoxy) is 1. The Balaban J connectivity index is 1.38. The summed E-state index contributed by atoms with van der Waals surface area (Å²) in [6.45, 7) is 3.90. The molecule has 42 heavy (non-hydrogen) atoms. The van der Waals surface area contributed by atoms with Gasteiger partial charge in [-0.3, -0.25) is 4.79 Å². The molecule has 3 heterocycles. The summed E-state index contributed by atoms with van der Waals surface area (Å²) < 4.78 is 48.6. The van der Waals surface area contributed by atoms with Crippen molar-refractivity contribution in [3.8, 4) is 34.1 Å². The third-order valence-electron chi connectivity index (χ3n) is 7.07. The van der Waals surface area contributed by atoms with E-state index in [0.29, 0.717) is 39.1 Å². The van der Waals surface area contributed by atoms with Gasteiger partial charge in [-0.1, -0.05) is 24.8 Å². The van der Waals surface area contributed by atoms with Gasteiger partial charge in [0.05, 0.1) is 11.1 Å². The fraction of sp³-hybridized carbons (Fsp3) is 0.167. The first kappa shape index (κ1) is 26.9. The third kappa shape index (κ3) is 5.02. The minimum atomic E-state index is -2.83. The molecule has 1 saturated carbocycles. The molecule has 12 heteroatoms. The minimum Gasteiger partial charge on any atom is -0.421 e. The lowest BCUT2D eigenvalue weighted by Crippen LogP contribution is -2.14. The second-order valence-corrected chi connectivity index (χ2v) is 9.88. The van der Waals surface area contributed by atoms with Crippen LogP contribution in [-0.4, -0.2) is 30.4 Å². The fourth-order valence-electron chi connectivity index (χ4n) is 4.80. The Kier molecular flexibility index (Phi) is 6.81. The largest absolute Gasteiger partial charge is 0.421 e. The van der Waals surface area contributed by atoms with Crippen molar-refractivity contribution in [1.29, 1.82) is 0 Å². The first-order valence-corrected chi connectivity index (χ1v) is 13.0. The molecule has 3 aromatic heterocycles. The lowest BCUT2D eigenvalue weighted by molar-refractivity contribution is -0.113. The van der Waals surface area contributed by atoms with E-state index in [2.05, 4.69) is 31.8 Å². The molecule has 0 aliphatic heterocycles. The van der Waals surface area contributed by atoms with Crippen LogP contribution in [0.3, 0.4) is 0 Å². The van der Waals surface area contributed by atoms with Crippen molar-refractivity contribution in [3.63, 3.8) is 0 Å². The van der Waals surface area contributed by atoms with E-state index in [0.717, 1.165) is 30.7 Å². The van der Waals surface area contributed by atoms with Crippen molar-refractivity contribution in [2.24, 2.45) is 13.0 Å². The van der Waals surface area contributed by atoms with Crippen LogP contribution >= 0.6 is 0 Å². The molecule has 1 amide bonds. The van der Waals surface area contributed by atoms with E-state index in [1.54, 1.807) is 18.2 Å². The zero-order valence-electron chi connectivity index (χ0n) is 22.3. The number of nitrogens with one attached hydrogen (secondary N) is 1. The molecule has 212 valence electrons. The molecule has 1 fully saturated rings. The van der Waals surface area contributed by atoms with Gasteiger partial charge in [0.25, 0.3) is 12.3 Å². The van der Waals surface area contributed by atoms with E-state index in [-0.39, 0.29) is 23.4 Å². The normalized spacial score (nSPS) is 13.0. The number of halogens is 3. The molecule has 2 aromatic carbocycles.